The van der Waals surface area contributed by atoms with E-state index in [1.165, 1.54) is 6.07 Å². The molecule has 1 unspecified atom stereocenters. The van der Waals surface area contributed by atoms with Crippen LogP contribution in [-0.4, -0.2) is 6.54 Å². The molecule has 0 heterocycles. The molecule has 0 saturated heterocycles. The minimum Gasteiger partial charge on any atom is -0.300 e. The molecular formula is C11H11ClFN. The summed E-state index contributed by atoms with van der Waals surface area (Å²) in [6.45, 7) is 2.61. The highest BCUT2D eigenvalue weighted by molar-refractivity contribution is 6.30. The highest BCUT2D eigenvalue weighted by Crippen LogP contribution is 2.20. The van der Waals surface area contributed by atoms with E-state index in [0.29, 0.717) is 17.1 Å². The second-order valence-corrected chi connectivity index (χ2v) is 3.26. The molecule has 0 amide bonds. The molecule has 3 heteroatoms. The maximum absolute atomic E-state index is 13.4. The molecule has 0 radical (unpaired) electrons. The van der Waals surface area contributed by atoms with E-state index in [-0.39, 0.29) is 5.82 Å². The summed E-state index contributed by atoms with van der Waals surface area (Å²) in [4.78, 5) is 0. The predicted octanol–water partition coefficient (Wildman–Crippen LogP) is 2.76. The van der Waals surface area contributed by atoms with Crippen LogP contribution >= 0.6 is 11.6 Å². The Morgan fingerprint density at radius 3 is 2.86 bits per heavy atom. The van der Waals surface area contributed by atoms with Crippen molar-refractivity contribution >= 4 is 11.6 Å². The van der Waals surface area contributed by atoms with Gasteiger partial charge in [-0.15, -0.1) is 6.42 Å². The van der Waals surface area contributed by atoms with Crippen LogP contribution in [0.4, 0.5) is 4.39 Å². The number of nitrogens with one attached hydrogen (secondary N) is 1. The molecule has 1 aromatic rings. The molecule has 0 bridgehead atoms. The van der Waals surface area contributed by atoms with Gasteiger partial charge >= 0.3 is 0 Å². The summed E-state index contributed by atoms with van der Waals surface area (Å²) < 4.78 is 13.4. The Bertz CT molecular complexity index is 357. The Morgan fingerprint density at radius 1 is 1.64 bits per heavy atom. The molecule has 14 heavy (non-hydrogen) atoms. The van der Waals surface area contributed by atoms with Gasteiger partial charge in [0.05, 0.1) is 6.04 Å². The summed E-state index contributed by atoms with van der Waals surface area (Å²) in [5.41, 5.74) is 0.457. The molecule has 74 valence electrons. The quantitative estimate of drug-likeness (QED) is 0.759. The third-order valence-corrected chi connectivity index (χ3v) is 2.08. The van der Waals surface area contributed by atoms with E-state index < -0.39 is 6.04 Å². The van der Waals surface area contributed by atoms with Gasteiger partial charge in [-0.3, -0.25) is 0 Å². The Balaban J connectivity index is 3.00. The molecule has 0 spiro atoms. The van der Waals surface area contributed by atoms with Crippen molar-refractivity contribution in [3.8, 4) is 12.3 Å². The van der Waals surface area contributed by atoms with Crippen molar-refractivity contribution in [1.29, 1.82) is 0 Å². The minimum atomic E-state index is -0.391. The summed E-state index contributed by atoms with van der Waals surface area (Å²) in [7, 11) is 0. The predicted molar refractivity (Wildman–Crippen MR) is 56.7 cm³/mol. The maximum atomic E-state index is 13.4. The van der Waals surface area contributed by atoms with Crippen LogP contribution in [0.15, 0.2) is 18.2 Å². The van der Waals surface area contributed by atoms with Crippen LogP contribution in [0.2, 0.25) is 5.02 Å². The molecule has 1 N–H and O–H groups in total. The molecule has 1 nitrogen and oxygen atoms in total. The van der Waals surface area contributed by atoms with Gasteiger partial charge in [-0.05, 0) is 18.7 Å². The van der Waals surface area contributed by atoms with E-state index in [1.807, 2.05) is 6.92 Å². The van der Waals surface area contributed by atoms with Gasteiger partial charge in [0.1, 0.15) is 5.82 Å². The number of hydrogen-bond donors (Lipinski definition) is 1. The fourth-order valence-electron chi connectivity index (χ4n) is 1.20. The first-order valence-electron chi connectivity index (χ1n) is 4.33. The van der Waals surface area contributed by atoms with Crippen molar-refractivity contribution in [1.82, 2.24) is 5.32 Å². The number of benzene rings is 1. The Kier molecular flexibility index (Phi) is 3.94. The lowest BCUT2D eigenvalue weighted by Crippen LogP contribution is -2.20. The molecular weight excluding hydrogens is 201 g/mol. The third kappa shape index (κ3) is 2.47. The smallest absolute Gasteiger partial charge is 0.130 e. The normalized spacial score (nSPS) is 12.1. The average Bonchev–Trinajstić information content (AvgIpc) is 2.15. The lowest BCUT2D eigenvalue weighted by Gasteiger charge is -2.12. The summed E-state index contributed by atoms with van der Waals surface area (Å²) in [5, 5.41) is 3.36. The Hall–Kier alpha value is -1.04. The van der Waals surface area contributed by atoms with Gasteiger partial charge in [0, 0.05) is 10.6 Å². The van der Waals surface area contributed by atoms with Crippen molar-refractivity contribution < 1.29 is 4.39 Å². The van der Waals surface area contributed by atoms with Crippen molar-refractivity contribution in [2.24, 2.45) is 0 Å². The average molecular weight is 212 g/mol. The van der Waals surface area contributed by atoms with E-state index in [2.05, 4.69) is 11.2 Å². The van der Waals surface area contributed by atoms with E-state index in [9.17, 15) is 4.39 Å². The van der Waals surface area contributed by atoms with Crippen molar-refractivity contribution in [3.05, 3.63) is 34.6 Å². The lowest BCUT2D eigenvalue weighted by atomic mass is 10.1. The number of hydrogen-bond acceptors (Lipinski definition) is 1. The Labute approximate surface area is 88.3 Å². The second-order valence-electron chi connectivity index (χ2n) is 2.82. The van der Waals surface area contributed by atoms with Gasteiger partial charge in [-0.2, -0.15) is 0 Å². The monoisotopic (exact) mass is 211 g/mol. The zero-order valence-electron chi connectivity index (χ0n) is 7.85. The first kappa shape index (κ1) is 11.0. The molecule has 1 rings (SSSR count). The van der Waals surface area contributed by atoms with Gasteiger partial charge < -0.3 is 5.32 Å². The molecule has 1 aromatic carbocycles. The van der Waals surface area contributed by atoms with Crippen LogP contribution < -0.4 is 5.32 Å². The summed E-state index contributed by atoms with van der Waals surface area (Å²) in [6, 6.07) is 4.10. The summed E-state index contributed by atoms with van der Waals surface area (Å²) in [5.74, 6) is 2.11. The molecule has 0 aliphatic carbocycles. The van der Waals surface area contributed by atoms with Crippen LogP contribution in [0.3, 0.4) is 0 Å². The fourth-order valence-corrected chi connectivity index (χ4v) is 1.36. The lowest BCUT2D eigenvalue weighted by molar-refractivity contribution is 0.574. The van der Waals surface area contributed by atoms with Crippen molar-refractivity contribution in [2.75, 3.05) is 6.54 Å². The third-order valence-electron chi connectivity index (χ3n) is 1.85. The van der Waals surface area contributed by atoms with Gasteiger partial charge in [-0.25, -0.2) is 4.39 Å². The second kappa shape index (κ2) is 4.99. The molecule has 0 aromatic heterocycles. The zero-order valence-corrected chi connectivity index (χ0v) is 8.61. The largest absolute Gasteiger partial charge is 0.300 e. The molecule has 1 atom stereocenters. The first-order valence-corrected chi connectivity index (χ1v) is 4.71. The zero-order chi connectivity index (χ0) is 10.6. The Morgan fingerprint density at radius 2 is 2.36 bits per heavy atom. The van der Waals surface area contributed by atoms with E-state index in [1.54, 1.807) is 12.1 Å². The summed E-state index contributed by atoms with van der Waals surface area (Å²) in [6.07, 6.45) is 5.29. The van der Waals surface area contributed by atoms with Gasteiger partial charge in [0.25, 0.3) is 0 Å². The van der Waals surface area contributed by atoms with E-state index >= 15 is 0 Å². The van der Waals surface area contributed by atoms with Crippen LogP contribution in [-0.2, 0) is 0 Å². The van der Waals surface area contributed by atoms with Crippen LogP contribution in [0.5, 0.6) is 0 Å². The van der Waals surface area contributed by atoms with Crippen molar-refractivity contribution in [2.45, 2.75) is 13.0 Å². The van der Waals surface area contributed by atoms with E-state index in [4.69, 9.17) is 18.0 Å². The topological polar surface area (TPSA) is 12.0 Å². The summed E-state index contributed by atoms with van der Waals surface area (Å²) >= 11 is 5.63. The highest BCUT2D eigenvalue weighted by atomic mass is 35.5. The first-order chi connectivity index (χ1) is 6.69. The minimum absolute atomic E-state index is 0.374. The molecule has 0 saturated carbocycles. The number of rotatable bonds is 3. The van der Waals surface area contributed by atoms with Gasteiger partial charge in [0.15, 0.2) is 0 Å². The number of terminal acetylenes is 1. The molecule has 0 aliphatic heterocycles. The maximum Gasteiger partial charge on any atom is 0.130 e. The number of halogens is 2. The molecule has 0 aliphatic rings. The van der Waals surface area contributed by atoms with Crippen LogP contribution in [0, 0.1) is 18.2 Å². The molecule has 0 fully saturated rings. The van der Waals surface area contributed by atoms with Crippen molar-refractivity contribution in [3.63, 3.8) is 0 Å². The fraction of sp³-hybridized carbons (Fsp3) is 0.273. The van der Waals surface area contributed by atoms with Gasteiger partial charge in [-0.1, -0.05) is 30.5 Å². The SMILES string of the molecule is C#CC(NCC)c1ccc(Cl)cc1F. The van der Waals surface area contributed by atoms with Crippen LogP contribution in [0.1, 0.15) is 18.5 Å². The standard InChI is InChI=1S/C11H11ClFN/c1-3-11(14-4-2)9-6-5-8(12)7-10(9)13/h1,5-7,11,14H,4H2,2H3. The van der Waals surface area contributed by atoms with Crippen LogP contribution in [0.25, 0.3) is 0 Å². The highest BCUT2D eigenvalue weighted by Gasteiger charge is 2.11. The van der Waals surface area contributed by atoms with Gasteiger partial charge in [0.2, 0.25) is 0 Å². The van der Waals surface area contributed by atoms with E-state index in [0.717, 1.165) is 0 Å².